The maximum absolute atomic E-state index is 13.4. The van der Waals surface area contributed by atoms with Crippen LogP contribution in [-0.4, -0.2) is 27.6 Å². The molecule has 4 fully saturated rings. The quantitative estimate of drug-likeness (QED) is 0.857. The molecule has 0 radical (unpaired) electrons. The molecular weight excluding hydrogens is 286 g/mol. The molecule has 0 aliphatic heterocycles. The van der Waals surface area contributed by atoms with Crippen LogP contribution in [0.15, 0.2) is 12.3 Å². The van der Waals surface area contributed by atoms with Crippen LogP contribution in [0.2, 0.25) is 0 Å². The van der Waals surface area contributed by atoms with Gasteiger partial charge in [0.25, 0.3) is 0 Å². The van der Waals surface area contributed by atoms with Crippen LogP contribution < -0.4 is 0 Å². The van der Waals surface area contributed by atoms with E-state index in [1.54, 1.807) is 6.20 Å². The van der Waals surface area contributed by atoms with Gasteiger partial charge in [-0.3, -0.25) is 9.48 Å². The van der Waals surface area contributed by atoms with E-state index in [2.05, 4.69) is 18.9 Å². The average Bonchev–Trinajstić information content (AvgIpc) is 2.79. The van der Waals surface area contributed by atoms with E-state index >= 15 is 0 Å². The summed E-state index contributed by atoms with van der Waals surface area (Å²) in [6.45, 7) is 5.52. The fraction of sp³-hybridized carbons (Fsp3) is 0.789. The lowest BCUT2D eigenvalue weighted by atomic mass is 9.40. The van der Waals surface area contributed by atoms with E-state index in [9.17, 15) is 4.79 Å². The van der Waals surface area contributed by atoms with Crippen molar-refractivity contribution in [1.29, 1.82) is 0 Å². The Kier molecular flexibility index (Phi) is 3.05. The Balaban J connectivity index is 1.59. The molecule has 4 nitrogen and oxygen atoms in total. The van der Waals surface area contributed by atoms with E-state index in [-0.39, 0.29) is 5.41 Å². The van der Waals surface area contributed by atoms with Gasteiger partial charge in [0.05, 0.1) is 17.7 Å². The molecule has 4 aliphatic carbocycles. The first-order valence-electron chi connectivity index (χ1n) is 8.95. The Morgan fingerprint density at radius 3 is 2.43 bits per heavy atom. The molecule has 1 aromatic heterocycles. The molecule has 0 unspecified atom stereocenters. The van der Waals surface area contributed by atoms with E-state index in [0.717, 1.165) is 30.9 Å². The number of nitrogens with zero attached hydrogens (tertiary/aromatic N) is 3. The number of carbonyl (C=O) groups excluding carboxylic acids is 1. The number of rotatable bonds is 3. The molecule has 0 saturated heterocycles. The molecule has 4 saturated carbocycles. The highest BCUT2D eigenvalue weighted by atomic mass is 16.2. The number of aromatic nitrogens is 2. The fourth-order valence-electron chi connectivity index (χ4n) is 6.96. The highest BCUT2D eigenvalue weighted by Crippen LogP contribution is 2.69. The van der Waals surface area contributed by atoms with Crippen molar-refractivity contribution in [2.45, 2.75) is 58.9 Å². The lowest BCUT2D eigenvalue weighted by molar-refractivity contribution is -0.178. The summed E-state index contributed by atoms with van der Waals surface area (Å²) < 4.78 is 1.87. The summed E-state index contributed by atoms with van der Waals surface area (Å²) in [7, 11) is 3.92. The minimum atomic E-state index is -0.101. The van der Waals surface area contributed by atoms with E-state index in [0.29, 0.717) is 23.3 Å². The van der Waals surface area contributed by atoms with Crippen LogP contribution in [0.1, 0.15) is 58.1 Å². The van der Waals surface area contributed by atoms with Crippen molar-refractivity contribution in [3.05, 3.63) is 18.0 Å². The summed E-state index contributed by atoms with van der Waals surface area (Å²) in [6, 6.07) is 2.01. The van der Waals surface area contributed by atoms with Gasteiger partial charge in [0.15, 0.2) is 0 Å². The van der Waals surface area contributed by atoms with Crippen LogP contribution >= 0.6 is 0 Å². The summed E-state index contributed by atoms with van der Waals surface area (Å²) in [6.07, 6.45) is 9.11. The van der Waals surface area contributed by atoms with E-state index in [1.165, 1.54) is 19.3 Å². The third kappa shape index (κ3) is 2.33. The Morgan fingerprint density at radius 1 is 1.26 bits per heavy atom. The van der Waals surface area contributed by atoms with E-state index in [4.69, 9.17) is 0 Å². The van der Waals surface area contributed by atoms with Crippen LogP contribution in [0, 0.1) is 22.2 Å². The summed E-state index contributed by atoms with van der Waals surface area (Å²) >= 11 is 0. The van der Waals surface area contributed by atoms with Crippen molar-refractivity contribution in [3.63, 3.8) is 0 Å². The van der Waals surface area contributed by atoms with E-state index in [1.807, 2.05) is 29.7 Å². The predicted molar refractivity (Wildman–Crippen MR) is 89.5 cm³/mol. The Morgan fingerprint density at radius 2 is 1.91 bits per heavy atom. The second-order valence-corrected chi connectivity index (χ2v) is 9.52. The Bertz CT molecular complexity index is 631. The van der Waals surface area contributed by atoms with Crippen molar-refractivity contribution in [3.8, 4) is 0 Å². The van der Waals surface area contributed by atoms with Gasteiger partial charge in [0.2, 0.25) is 5.91 Å². The van der Waals surface area contributed by atoms with Crippen molar-refractivity contribution in [2.75, 3.05) is 7.05 Å². The standard InChI is InChI=1S/C19H29N3O/c1-17-7-14-8-18(2,11-17)13-19(9-14,12-17)16(23)21(3)10-15-5-6-20-22(15)4/h5-6,14H,7-13H2,1-4H3/t14?,17-,18-,19?/m1/s1. The molecule has 5 rings (SSSR count). The lowest BCUT2D eigenvalue weighted by Gasteiger charge is -2.65. The van der Waals surface area contributed by atoms with Crippen molar-refractivity contribution >= 4 is 5.91 Å². The Hall–Kier alpha value is -1.32. The molecule has 0 N–H and O–H groups in total. The minimum absolute atomic E-state index is 0.101. The molecule has 1 aromatic rings. The number of aryl methyl sites for hydroxylation is 1. The minimum Gasteiger partial charge on any atom is -0.339 e. The topological polar surface area (TPSA) is 38.1 Å². The van der Waals surface area contributed by atoms with Crippen molar-refractivity contribution < 1.29 is 4.79 Å². The molecule has 0 aromatic carbocycles. The lowest BCUT2D eigenvalue weighted by Crippen LogP contribution is -2.59. The second kappa shape index (κ2) is 4.61. The summed E-state index contributed by atoms with van der Waals surface area (Å²) in [5.74, 6) is 1.13. The first-order chi connectivity index (χ1) is 10.7. The third-order valence-corrected chi connectivity index (χ3v) is 6.75. The molecule has 4 aliphatic rings. The van der Waals surface area contributed by atoms with Crippen molar-refractivity contribution in [2.24, 2.45) is 29.2 Å². The highest BCUT2D eigenvalue weighted by molar-refractivity contribution is 5.83. The molecule has 126 valence electrons. The number of amides is 1. The van der Waals surface area contributed by atoms with Crippen LogP contribution in [0.25, 0.3) is 0 Å². The zero-order chi connectivity index (χ0) is 16.5. The zero-order valence-electron chi connectivity index (χ0n) is 14.9. The van der Waals surface area contributed by atoms with Gasteiger partial charge >= 0.3 is 0 Å². The van der Waals surface area contributed by atoms with Crippen LogP contribution in [0.5, 0.6) is 0 Å². The molecule has 1 amide bonds. The summed E-state index contributed by atoms with van der Waals surface area (Å²) in [4.78, 5) is 15.4. The van der Waals surface area contributed by atoms with E-state index < -0.39 is 0 Å². The fourth-order valence-corrected chi connectivity index (χ4v) is 6.96. The summed E-state index contributed by atoms with van der Waals surface area (Å²) in [5.41, 5.74) is 1.77. The first-order valence-corrected chi connectivity index (χ1v) is 8.95. The van der Waals surface area contributed by atoms with Gasteiger partial charge in [-0.05, 0) is 61.3 Å². The normalized spacial score (nSPS) is 41.3. The number of carbonyl (C=O) groups is 1. The Labute approximate surface area is 139 Å². The highest BCUT2D eigenvalue weighted by Gasteiger charge is 2.63. The maximum Gasteiger partial charge on any atom is 0.228 e. The van der Waals surface area contributed by atoms with Crippen LogP contribution in [0.4, 0.5) is 0 Å². The second-order valence-electron chi connectivity index (χ2n) is 9.52. The predicted octanol–water partition coefficient (Wildman–Crippen LogP) is 3.38. The molecule has 2 atom stereocenters. The van der Waals surface area contributed by atoms with Gasteiger partial charge in [-0.1, -0.05) is 13.8 Å². The third-order valence-electron chi connectivity index (χ3n) is 6.75. The smallest absolute Gasteiger partial charge is 0.228 e. The maximum atomic E-state index is 13.4. The van der Waals surface area contributed by atoms with Gasteiger partial charge in [0.1, 0.15) is 0 Å². The van der Waals surface area contributed by atoms with Gasteiger partial charge < -0.3 is 4.90 Å². The summed E-state index contributed by atoms with van der Waals surface area (Å²) in [5, 5.41) is 4.22. The van der Waals surface area contributed by atoms with Gasteiger partial charge in [-0.15, -0.1) is 0 Å². The largest absolute Gasteiger partial charge is 0.339 e. The van der Waals surface area contributed by atoms with Gasteiger partial charge in [-0.2, -0.15) is 5.10 Å². The number of hydrogen-bond donors (Lipinski definition) is 0. The van der Waals surface area contributed by atoms with Crippen LogP contribution in [-0.2, 0) is 18.4 Å². The zero-order valence-corrected chi connectivity index (χ0v) is 14.9. The molecule has 1 heterocycles. The molecule has 23 heavy (non-hydrogen) atoms. The number of hydrogen-bond acceptors (Lipinski definition) is 2. The van der Waals surface area contributed by atoms with Crippen molar-refractivity contribution in [1.82, 2.24) is 14.7 Å². The van der Waals surface area contributed by atoms with Gasteiger partial charge in [-0.25, -0.2) is 0 Å². The molecule has 4 heteroatoms. The molecule has 4 bridgehead atoms. The molecular formula is C19H29N3O. The molecule has 0 spiro atoms. The first kappa shape index (κ1) is 15.2. The monoisotopic (exact) mass is 315 g/mol. The average molecular weight is 315 g/mol. The SMILES string of the molecule is CN(Cc1ccnn1C)C(=O)C12CC3C[C@@](C)(C1)C[C@@](C)(C3)C2. The van der Waals surface area contributed by atoms with Crippen LogP contribution in [0.3, 0.4) is 0 Å². The van der Waals surface area contributed by atoms with Gasteiger partial charge in [0, 0.05) is 20.3 Å².